The Hall–Kier alpha value is 0.290. The predicted molar refractivity (Wildman–Crippen MR) is 44.5 cm³/mol. The molecule has 0 aromatic heterocycles. The molecule has 0 aromatic carbocycles. The van der Waals surface area contributed by atoms with E-state index in [1.807, 2.05) is 0 Å². The molecule has 1 heteroatoms. The fraction of sp³-hybridized carbons (Fsp3) is 1.00. The molecule has 0 radical (unpaired) electrons. The van der Waals surface area contributed by atoms with Crippen molar-refractivity contribution < 1.29 is 0 Å². The third-order valence-electron chi connectivity index (χ3n) is 5.23. The van der Waals surface area contributed by atoms with Gasteiger partial charge in [0.15, 0.2) is 0 Å². The molecule has 0 aliphatic heterocycles. The van der Waals surface area contributed by atoms with Crippen LogP contribution in [-0.4, -0.2) is 4.87 Å². The van der Waals surface area contributed by atoms with Crippen molar-refractivity contribution in [2.75, 3.05) is 0 Å². The summed E-state index contributed by atoms with van der Waals surface area (Å²) >= 11 is 6.53. The molecule has 0 amide bonds. The van der Waals surface area contributed by atoms with Gasteiger partial charge in [-0.3, -0.25) is 0 Å². The predicted octanol–water partition coefficient (Wildman–Crippen LogP) is 2.66. The van der Waals surface area contributed by atoms with E-state index in [0.29, 0.717) is 4.87 Å². The van der Waals surface area contributed by atoms with E-state index >= 15 is 0 Å². The summed E-state index contributed by atoms with van der Waals surface area (Å²) < 4.78 is 0. The molecular weight excluding hydrogens is 156 g/mol. The molecule has 60 valence electrons. The summed E-state index contributed by atoms with van der Waals surface area (Å²) in [5, 5.41) is 0. The van der Waals surface area contributed by atoms with Crippen molar-refractivity contribution in [3.63, 3.8) is 0 Å². The lowest BCUT2D eigenvalue weighted by molar-refractivity contribution is -0.270. The third kappa shape index (κ3) is 0.377. The molecule has 0 N–H and O–H groups in total. The largest absolute Gasteiger partial charge is 0.119 e. The van der Waals surface area contributed by atoms with Gasteiger partial charge in [-0.15, -0.1) is 11.6 Å². The van der Waals surface area contributed by atoms with E-state index in [4.69, 9.17) is 11.6 Å². The van der Waals surface area contributed by atoms with Crippen LogP contribution in [0.2, 0.25) is 0 Å². The van der Waals surface area contributed by atoms with Gasteiger partial charge in [-0.2, -0.15) is 0 Å². The van der Waals surface area contributed by atoms with Crippen LogP contribution in [0.15, 0.2) is 0 Å². The van der Waals surface area contributed by atoms with E-state index in [9.17, 15) is 0 Å². The third-order valence-corrected chi connectivity index (χ3v) is 5.95. The van der Waals surface area contributed by atoms with Gasteiger partial charge in [0.25, 0.3) is 0 Å². The Labute approximate surface area is 72.3 Å². The molecule has 6 atom stereocenters. The van der Waals surface area contributed by atoms with Gasteiger partial charge in [-0.05, 0) is 55.3 Å². The number of rotatable bonds is 0. The van der Waals surface area contributed by atoms with Crippen LogP contribution < -0.4 is 0 Å². The summed E-state index contributed by atoms with van der Waals surface area (Å²) in [7, 11) is 0. The Morgan fingerprint density at radius 1 is 1.09 bits per heavy atom. The second kappa shape index (κ2) is 1.39. The lowest BCUT2D eigenvalue weighted by atomic mass is 9.28. The van der Waals surface area contributed by atoms with Crippen LogP contribution in [0.4, 0.5) is 0 Å². The molecule has 6 unspecified atom stereocenters. The molecule has 4 aliphatic rings. The maximum Gasteiger partial charge on any atom is 0.0511 e. The fourth-order valence-electron chi connectivity index (χ4n) is 4.50. The Morgan fingerprint density at radius 2 is 1.91 bits per heavy atom. The highest BCUT2D eigenvalue weighted by Gasteiger charge is 2.77. The van der Waals surface area contributed by atoms with E-state index in [2.05, 4.69) is 0 Å². The van der Waals surface area contributed by atoms with Gasteiger partial charge >= 0.3 is 0 Å². The highest BCUT2D eigenvalue weighted by atomic mass is 35.5. The van der Waals surface area contributed by atoms with Crippen LogP contribution in [0.5, 0.6) is 0 Å². The molecule has 0 bridgehead atoms. The molecule has 0 aromatic rings. The fourth-order valence-corrected chi connectivity index (χ4v) is 5.17. The number of hydrogen-bond acceptors (Lipinski definition) is 0. The Bertz CT molecular complexity index is 237. The van der Waals surface area contributed by atoms with Gasteiger partial charge in [-0.25, -0.2) is 0 Å². The van der Waals surface area contributed by atoms with Crippen molar-refractivity contribution in [2.24, 2.45) is 29.6 Å². The summed E-state index contributed by atoms with van der Waals surface area (Å²) in [5.41, 5.74) is 0. The van der Waals surface area contributed by atoms with E-state index in [1.54, 1.807) is 0 Å². The first-order valence-electron chi connectivity index (χ1n) is 5.01. The first-order valence-corrected chi connectivity index (χ1v) is 5.39. The van der Waals surface area contributed by atoms with Gasteiger partial charge in [0, 0.05) is 0 Å². The highest BCUT2D eigenvalue weighted by Crippen LogP contribution is 2.80. The Balaban J connectivity index is 1.72. The molecule has 4 saturated carbocycles. The lowest BCUT2D eigenvalue weighted by Gasteiger charge is -2.80. The molecule has 4 rings (SSSR count). The smallest absolute Gasteiger partial charge is 0.0511 e. The van der Waals surface area contributed by atoms with Gasteiger partial charge in [0.05, 0.1) is 4.87 Å². The SMILES string of the molecule is ClC12CCC1C1C3CCC3C12. The van der Waals surface area contributed by atoms with E-state index in [-0.39, 0.29) is 0 Å². The van der Waals surface area contributed by atoms with Crippen molar-refractivity contribution in [1.29, 1.82) is 0 Å². The van der Waals surface area contributed by atoms with Gasteiger partial charge in [-0.1, -0.05) is 0 Å². The quantitative estimate of drug-likeness (QED) is 0.488. The topological polar surface area (TPSA) is 0 Å². The number of fused-ring (bicyclic) bond motifs is 7. The summed E-state index contributed by atoms with van der Waals surface area (Å²) in [4.78, 5) is 0.353. The monoisotopic (exact) mass is 168 g/mol. The normalized spacial score (nSPS) is 75.5. The molecule has 0 saturated heterocycles. The zero-order chi connectivity index (χ0) is 7.22. The van der Waals surface area contributed by atoms with Crippen LogP contribution in [-0.2, 0) is 0 Å². The van der Waals surface area contributed by atoms with Crippen LogP contribution in [0, 0.1) is 29.6 Å². The van der Waals surface area contributed by atoms with Crippen molar-refractivity contribution in [3.05, 3.63) is 0 Å². The average molecular weight is 169 g/mol. The van der Waals surface area contributed by atoms with E-state index < -0.39 is 0 Å². The molecule has 11 heavy (non-hydrogen) atoms. The first kappa shape index (κ1) is 5.85. The summed E-state index contributed by atoms with van der Waals surface area (Å²) in [6, 6.07) is 0. The molecule has 0 heterocycles. The van der Waals surface area contributed by atoms with Crippen molar-refractivity contribution in [1.82, 2.24) is 0 Å². The van der Waals surface area contributed by atoms with E-state index in [0.717, 1.165) is 29.6 Å². The molecular formula is C10H13Cl. The minimum Gasteiger partial charge on any atom is -0.119 e. The number of alkyl halides is 1. The van der Waals surface area contributed by atoms with Crippen LogP contribution in [0.3, 0.4) is 0 Å². The van der Waals surface area contributed by atoms with Gasteiger partial charge < -0.3 is 0 Å². The Kier molecular flexibility index (Phi) is 0.739. The summed E-state index contributed by atoms with van der Waals surface area (Å²) in [6.07, 6.45) is 5.83. The van der Waals surface area contributed by atoms with E-state index in [1.165, 1.54) is 25.7 Å². The number of halogens is 1. The zero-order valence-corrected chi connectivity index (χ0v) is 7.35. The minimum absolute atomic E-state index is 0.353. The lowest BCUT2D eigenvalue weighted by Crippen LogP contribution is -2.78. The molecule has 4 aliphatic carbocycles. The molecule has 0 spiro atoms. The highest BCUT2D eigenvalue weighted by molar-refractivity contribution is 6.26. The summed E-state index contributed by atoms with van der Waals surface area (Å²) in [5.74, 6) is 5.31. The minimum atomic E-state index is 0.353. The second-order valence-corrected chi connectivity index (χ2v) is 5.78. The standard InChI is InChI=1S/C10H13Cl/c11-10-4-3-7(10)8-5-1-2-6(5)9(8)10/h5-9H,1-4H2. The molecule has 4 fully saturated rings. The van der Waals surface area contributed by atoms with Crippen molar-refractivity contribution in [2.45, 2.75) is 30.6 Å². The van der Waals surface area contributed by atoms with Gasteiger partial charge in [0.2, 0.25) is 0 Å². The van der Waals surface area contributed by atoms with Crippen molar-refractivity contribution >= 4 is 11.6 Å². The van der Waals surface area contributed by atoms with Gasteiger partial charge in [0.1, 0.15) is 0 Å². The second-order valence-electron chi connectivity index (χ2n) is 5.08. The van der Waals surface area contributed by atoms with Crippen LogP contribution >= 0.6 is 11.6 Å². The molecule has 0 nitrogen and oxygen atoms in total. The first-order chi connectivity index (χ1) is 5.32. The zero-order valence-electron chi connectivity index (χ0n) is 6.59. The maximum absolute atomic E-state index is 6.53. The van der Waals surface area contributed by atoms with Crippen LogP contribution in [0.1, 0.15) is 25.7 Å². The van der Waals surface area contributed by atoms with Crippen LogP contribution in [0.25, 0.3) is 0 Å². The average Bonchev–Trinajstić information content (AvgIpc) is 1.94. The number of hydrogen-bond donors (Lipinski definition) is 0. The summed E-state index contributed by atoms with van der Waals surface area (Å²) in [6.45, 7) is 0. The Morgan fingerprint density at radius 3 is 2.36 bits per heavy atom. The van der Waals surface area contributed by atoms with Crippen molar-refractivity contribution in [3.8, 4) is 0 Å². The maximum atomic E-state index is 6.53.